The molecule has 28 heavy (non-hydrogen) atoms. The van der Waals surface area contributed by atoms with Gasteiger partial charge in [-0.15, -0.1) is 0 Å². The molecule has 3 heterocycles. The normalized spacial score (nSPS) is 24.2. The maximum Gasteiger partial charge on any atom is 0.228 e. The highest BCUT2D eigenvalue weighted by Gasteiger charge is 2.40. The van der Waals surface area contributed by atoms with Crippen molar-refractivity contribution in [3.05, 3.63) is 23.2 Å². The van der Waals surface area contributed by atoms with Gasteiger partial charge < -0.3 is 24.0 Å². The molecule has 1 atom stereocenters. The summed E-state index contributed by atoms with van der Waals surface area (Å²) >= 11 is 6.10. The fourth-order valence-corrected chi connectivity index (χ4v) is 4.45. The van der Waals surface area contributed by atoms with Crippen molar-refractivity contribution < 1.29 is 23.8 Å². The molecule has 3 aliphatic heterocycles. The van der Waals surface area contributed by atoms with Gasteiger partial charge in [0.2, 0.25) is 11.8 Å². The van der Waals surface area contributed by atoms with E-state index in [4.69, 9.17) is 25.8 Å². The van der Waals surface area contributed by atoms with Gasteiger partial charge in [0.05, 0.1) is 31.9 Å². The number of piperidine rings is 1. The summed E-state index contributed by atoms with van der Waals surface area (Å²) in [6, 6.07) is 5.16. The third kappa shape index (κ3) is 3.83. The van der Waals surface area contributed by atoms with E-state index in [1.54, 1.807) is 30.2 Å². The number of anilines is 1. The molecule has 3 saturated heterocycles. The molecule has 0 spiro atoms. The first kappa shape index (κ1) is 19.5. The Morgan fingerprint density at radius 2 is 1.93 bits per heavy atom. The van der Waals surface area contributed by atoms with Gasteiger partial charge in [0.1, 0.15) is 5.75 Å². The molecule has 7 nitrogen and oxygen atoms in total. The highest BCUT2D eigenvalue weighted by atomic mass is 35.5. The number of carbonyl (C=O) groups excluding carboxylic acids is 2. The number of rotatable bonds is 4. The van der Waals surface area contributed by atoms with Crippen LogP contribution in [-0.2, 0) is 19.1 Å². The maximum absolute atomic E-state index is 13.0. The second kappa shape index (κ2) is 8.27. The summed E-state index contributed by atoms with van der Waals surface area (Å²) in [6.45, 7) is 3.01. The zero-order valence-corrected chi connectivity index (χ0v) is 16.7. The van der Waals surface area contributed by atoms with Gasteiger partial charge in [-0.05, 0) is 31.0 Å². The largest absolute Gasteiger partial charge is 0.495 e. The summed E-state index contributed by atoms with van der Waals surface area (Å²) in [5.41, 5.74) is 0.615. The van der Waals surface area contributed by atoms with Crippen molar-refractivity contribution in [1.29, 1.82) is 0 Å². The molecule has 1 unspecified atom stereocenters. The molecular weight excluding hydrogens is 384 g/mol. The molecule has 0 aliphatic carbocycles. The van der Waals surface area contributed by atoms with Crippen molar-refractivity contribution in [2.75, 3.05) is 44.9 Å². The second-order valence-electron chi connectivity index (χ2n) is 7.49. The quantitative estimate of drug-likeness (QED) is 0.764. The van der Waals surface area contributed by atoms with Crippen LogP contribution in [0.4, 0.5) is 5.69 Å². The molecule has 2 amide bonds. The minimum Gasteiger partial charge on any atom is -0.495 e. The number of ether oxygens (including phenoxy) is 3. The summed E-state index contributed by atoms with van der Waals surface area (Å²) < 4.78 is 16.6. The lowest BCUT2D eigenvalue weighted by molar-refractivity contribution is -0.140. The fourth-order valence-electron chi connectivity index (χ4n) is 4.28. The van der Waals surface area contributed by atoms with E-state index in [1.807, 2.05) is 4.90 Å². The Balaban J connectivity index is 1.39. The zero-order valence-electron chi connectivity index (χ0n) is 15.9. The van der Waals surface area contributed by atoms with Gasteiger partial charge in [-0.3, -0.25) is 9.59 Å². The molecule has 8 heteroatoms. The Labute approximate surface area is 169 Å². The topological polar surface area (TPSA) is 68.3 Å². The minimum absolute atomic E-state index is 0.0450. The smallest absolute Gasteiger partial charge is 0.228 e. The molecule has 0 saturated carbocycles. The number of hydrogen-bond acceptors (Lipinski definition) is 5. The fraction of sp³-hybridized carbons (Fsp3) is 0.600. The van der Waals surface area contributed by atoms with E-state index in [2.05, 4.69) is 0 Å². The Kier molecular flexibility index (Phi) is 5.75. The molecule has 0 aromatic heterocycles. The highest BCUT2D eigenvalue weighted by Crippen LogP contribution is 2.36. The van der Waals surface area contributed by atoms with E-state index < -0.39 is 0 Å². The minimum atomic E-state index is -0.341. The van der Waals surface area contributed by atoms with Gasteiger partial charge in [0.15, 0.2) is 6.29 Å². The van der Waals surface area contributed by atoms with Crippen LogP contribution in [0.3, 0.4) is 0 Å². The summed E-state index contributed by atoms with van der Waals surface area (Å²) in [5.74, 6) is 0.532. The first-order chi connectivity index (χ1) is 13.6. The van der Waals surface area contributed by atoms with Crippen LogP contribution in [0.15, 0.2) is 18.2 Å². The summed E-state index contributed by atoms with van der Waals surface area (Å²) in [5, 5.41) is 0.525. The lowest BCUT2D eigenvalue weighted by Gasteiger charge is -2.35. The van der Waals surface area contributed by atoms with Crippen molar-refractivity contribution in [2.45, 2.75) is 25.6 Å². The molecule has 0 N–H and O–H groups in total. The van der Waals surface area contributed by atoms with Gasteiger partial charge in [0.25, 0.3) is 0 Å². The van der Waals surface area contributed by atoms with Crippen molar-refractivity contribution in [3.63, 3.8) is 0 Å². The van der Waals surface area contributed by atoms with Crippen LogP contribution in [0.1, 0.15) is 19.3 Å². The number of amides is 2. The van der Waals surface area contributed by atoms with Crippen LogP contribution in [0.25, 0.3) is 0 Å². The number of methoxy groups -OCH3 is 1. The third-order valence-corrected chi connectivity index (χ3v) is 6.02. The molecular formula is C20H25ClN2O5. The van der Waals surface area contributed by atoms with Crippen molar-refractivity contribution in [2.24, 2.45) is 11.8 Å². The SMILES string of the molecule is COc1ccc(Cl)cc1N1CC(C(=O)N2CCC(C3OCCO3)CC2)CC1=O. The van der Waals surface area contributed by atoms with Gasteiger partial charge in [-0.1, -0.05) is 11.6 Å². The molecule has 3 fully saturated rings. The van der Waals surface area contributed by atoms with Gasteiger partial charge >= 0.3 is 0 Å². The molecule has 1 aromatic rings. The maximum atomic E-state index is 13.0. The highest BCUT2D eigenvalue weighted by molar-refractivity contribution is 6.31. The number of halogens is 1. The Morgan fingerprint density at radius 1 is 1.21 bits per heavy atom. The number of nitrogens with zero attached hydrogens (tertiary/aromatic N) is 2. The van der Waals surface area contributed by atoms with Crippen LogP contribution < -0.4 is 9.64 Å². The van der Waals surface area contributed by atoms with Crippen LogP contribution in [0, 0.1) is 11.8 Å². The average molecular weight is 409 g/mol. The van der Waals surface area contributed by atoms with Crippen LogP contribution >= 0.6 is 11.6 Å². The Bertz CT molecular complexity index is 744. The lowest BCUT2D eigenvalue weighted by atomic mass is 9.95. The monoisotopic (exact) mass is 408 g/mol. The van der Waals surface area contributed by atoms with E-state index in [0.717, 1.165) is 12.8 Å². The Morgan fingerprint density at radius 3 is 2.61 bits per heavy atom. The van der Waals surface area contributed by atoms with Crippen molar-refractivity contribution in [3.8, 4) is 5.75 Å². The molecule has 0 bridgehead atoms. The molecule has 3 aliphatic rings. The van der Waals surface area contributed by atoms with Gasteiger partial charge in [0, 0.05) is 37.0 Å². The summed E-state index contributed by atoms with van der Waals surface area (Å²) in [7, 11) is 1.55. The van der Waals surface area contributed by atoms with Crippen LogP contribution in [-0.4, -0.2) is 63.0 Å². The molecule has 1 aromatic carbocycles. The molecule has 152 valence electrons. The predicted octanol–water partition coefficient (Wildman–Crippen LogP) is 2.31. The van der Waals surface area contributed by atoms with Crippen LogP contribution in [0.5, 0.6) is 5.75 Å². The lowest BCUT2D eigenvalue weighted by Crippen LogP contribution is -2.44. The van der Waals surface area contributed by atoms with E-state index in [9.17, 15) is 9.59 Å². The summed E-state index contributed by atoms with van der Waals surface area (Å²) in [6.07, 6.45) is 1.81. The zero-order chi connectivity index (χ0) is 19.7. The van der Waals surface area contributed by atoms with Crippen LogP contribution in [0.2, 0.25) is 5.02 Å². The average Bonchev–Trinajstić information content (AvgIpc) is 3.37. The summed E-state index contributed by atoms with van der Waals surface area (Å²) in [4.78, 5) is 29.1. The van der Waals surface area contributed by atoms with Crippen molar-refractivity contribution in [1.82, 2.24) is 4.90 Å². The number of hydrogen-bond donors (Lipinski definition) is 0. The molecule has 0 radical (unpaired) electrons. The number of likely N-dealkylation sites (tertiary alicyclic amines) is 1. The van der Waals surface area contributed by atoms with E-state index >= 15 is 0 Å². The predicted molar refractivity (Wildman–Crippen MR) is 103 cm³/mol. The van der Waals surface area contributed by atoms with Gasteiger partial charge in [-0.25, -0.2) is 0 Å². The first-order valence-corrected chi connectivity index (χ1v) is 10.1. The third-order valence-electron chi connectivity index (χ3n) is 5.79. The van der Waals surface area contributed by atoms with Crippen molar-refractivity contribution >= 4 is 29.1 Å². The first-order valence-electron chi connectivity index (χ1n) is 9.72. The van der Waals surface area contributed by atoms with E-state index in [0.29, 0.717) is 55.2 Å². The Hall–Kier alpha value is -1.83. The van der Waals surface area contributed by atoms with Gasteiger partial charge in [-0.2, -0.15) is 0 Å². The van der Waals surface area contributed by atoms with E-state index in [1.165, 1.54) is 0 Å². The second-order valence-corrected chi connectivity index (χ2v) is 7.93. The number of carbonyl (C=O) groups is 2. The molecule has 4 rings (SSSR count). The number of benzene rings is 1. The van der Waals surface area contributed by atoms with E-state index in [-0.39, 0.29) is 30.4 Å². The standard InChI is InChI=1S/C20H25ClN2O5/c1-26-17-3-2-15(21)11-16(17)23-12-14(10-18(23)24)19(25)22-6-4-13(5-7-22)20-27-8-9-28-20/h2-3,11,13-14,20H,4-10,12H2,1H3.